The summed E-state index contributed by atoms with van der Waals surface area (Å²) in [6.45, 7) is 1.92. The van der Waals surface area contributed by atoms with E-state index in [1.807, 2.05) is 0 Å². The SMILES string of the molecule is CCOC1C(=O)c2cc3cc(F)c(F)cc3nc2N(C)C1=C=O. The van der Waals surface area contributed by atoms with E-state index in [1.165, 1.54) is 18.0 Å². The van der Waals surface area contributed by atoms with Gasteiger partial charge in [0.05, 0.1) is 11.1 Å². The minimum atomic E-state index is -1.08. The number of hydrogen-bond donors (Lipinski definition) is 0. The zero-order valence-corrected chi connectivity index (χ0v) is 12.4. The van der Waals surface area contributed by atoms with Gasteiger partial charge in [-0.25, -0.2) is 18.6 Å². The second-order valence-electron chi connectivity index (χ2n) is 5.06. The molecule has 0 fully saturated rings. The van der Waals surface area contributed by atoms with Crippen LogP contribution in [0.4, 0.5) is 14.6 Å². The fraction of sp³-hybridized carbons (Fsp3) is 0.250. The highest BCUT2D eigenvalue weighted by atomic mass is 19.2. The van der Waals surface area contributed by atoms with Gasteiger partial charge in [0.1, 0.15) is 17.5 Å². The number of hydrogen-bond acceptors (Lipinski definition) is 5. The maximum absolute atomic E-state index is 13.4. The van der Waals surface area contributed by atoms with Crippen LogP contribution in [0.15, 0.2) is 23.9 Å². The van der Waals surface area contributed by atoms with Crippen LogP contribution in [0.5, 0.6) is 0 Å². The number of nitrogens with zero attached hydrogens (tertiary/aromatic N) is 2. The third-order valence-electron chi connectivity index (χ3n) is 3.71. The lowest BCUT2D eigenvalue weighted by atomic mass is 9.97. The van der Waals surface area contributed by atoms with Crippen LogP contribution in [0.25, 0.3) is 10.9 Å². The molecule has 1 aliphatic rings. The van der Waals surface area contributed by atoms with Gasteiger partial charge in [-0.2, -0.15) is 0 Å². The Labute approximate surface area is 130 Å². The summed E-state index contributed by atoms with van der Waals surface area (Å²) in [7, 11) is 1.54. The van der Waals surface area contributed by atoms with Crippen molar-refractivity contribution in [3.05, 3.63) is 41.1 Å². The predicted molar refractivity (Wildman–Crippen MR) is 79.0 cm³/mol. The maximum atomic E-state index is 13.4. The number of ether oxygens (including phenoxy) is 1. The molecule has 0 amide bonds. The van der Waals surface area contributed by atoms with Crippen molar-refractivity contribution in [2.24, 2.45) is 0 Å². The molecule has 0 N–H and O–H groups in total. The molecule has 0 saturated carbocycles. The molecule has 0 aliphatic carbocycles. The number of aromatic nitrogens is 1. The summed E-state index contributed by atoms with van der Waals surface area (Å²) >= 11 is 0. The van der Waals surface area contributed by atoms with E-state index in [9.17, 15) is 18.4 Å². The number of carbonyl (C=O) groups excluding carboxylic acids is 2. The average molecular weight is 318 g/mol. The number of halogens is 2. The summed E-state index contributed by atoms with van der Waals surface area (Å²) in [6, 6.07) is 3.35. The van der Waals surface area contributed by atoms with E-state index in [4.69, 9.17) is 4.74 Å². The van der Waals surface area contributed by atoms with Crippen LogP contribution in [-0.4, -0.2) is 36.5 Å². The standard InChI is InChI=1S/C16H12F2N2O3/c1-3-23-15-13(7-21)20(2)16-9(14(15)22)4-8-5-10(17)11(18)6-12(8)19-16/h4-6,15H,3H2,1-2H3. The summed E-state index contributed by atoms with van der Waals surface area (Å²) in [5.41, 5.74) is 0.365. The Morgan fingerprint density at radius 2 is 2.00 bits per heavy atom. The van der Waals surface area contributed by atoms with Gasteiger partial charge < -0.3 is 9.64 Å². The molecule has 7 heteroatoms. The lowest BCUT2D eigenvalue weighted by molar-refractivity contribution is 0.0559. The number of Topliss-reactive ketones (excluding diaryl/α,β-unsaturated/α-hetero) is 1. The van der Waals surface area contributed by atoms with Crippen LogP contribution in [-0.2, 0) is 9.53 Å². The molecular weight excluding hydrogens is 306 g/mol. The molecule has 0 saturated heterocycles. The first kappa shape index (κ1) is 15.3. The van der Waals surface area contributed by atoms with Gasteiger partial charge >= 0.3 is 0 Å². The molecule has 1 aliphatic heterocycles. The summed E-state index contributed by atoms with van der Waals surface area (Å²) in [4.78, 5) is 29.3. The fourth-order valence-electron chi connectivity index (χ4n) is 2.59. The highest BCUT2D eigenvalue weighted by Gasteiger charge is 2.37. The van der Waals surface area contributed by atoms with Crippen molar-refractivity contribution >= 4 is 28.4 Å². The number of fused-ring (bicyclic) bond motifs is 2. The minimum Gasteiger partial charge on any atom is -0.363 e. The molecule has 0 radical (unpaired) electrons. The van der Waals surface area contributed by atoms with Crippen LogP contribution in [0.3, 0.4) is 0 Å². The van der Waals surface area contributed by atoms with E-state index in [0.29, 0.717) is 0 Å². The second kappa shape index (κ2) is 5.53. The molecule has 1 unspecified atom stereocenters. The van der Waals surface area contributed by atoms with Crippen LogP contribution < -0.4 is 4.90 Å². The Bertz CT molecular complexity index is 875. The number of carbonyl (C=O) groups is 1. The average Bonchev–Trinajstić information content (AvgIpc) is 2.53. The van der Waals surface area contributed by atoms with Gasteiger partial charge in [-0.05, 0) is 19.1 Å². The van der Waals surface area contributed by atoms with Gasteiger partial charge in [-0.3, -0.25) is 4.79 Å². The number of anilines is 1. The van der Waals surface area contributed by atoms with Gasteiger partial charge in [0.2, 0.25) is 5.78 Å². The van der Waals surface area contributed by atoms with E-state index in [-0.39, 0.29) is 34.6 Å². The van der Waals surface area contributed by atoms with Crippen LogP contribution >= 0.6 is 0 Å². The Morgan fingerprint density at radius 3 is 2.65 bits per heavy atom. The predicted octanol–water partition coefficient (Wildman–Crippen LogP) is 2.27. The Hall–Kier alpha value is -2.63. The van der Waals surface area contributed by atoms with Crippen molar-refractivity contribution < 1.29 is 23.1 Å². The van der Waals surface area contributed by atoms with Gasteiger partial charge in [0, 0.05) is 25.1 Å². The lowest BCUT2D eigenvalue weighted by Gasteiger charge is -2.31. The highest BCUT2D eigenvalue weighted by molar-refractivity contribution is 6.11. The molecule has 2 aromatic rings. The van der Waals surface area contributed by atoms with Crippen molar-refractivity contribution in [1.29, 1.82) is 0 Å². The zero-order valence-electron chi connectivity index (χ0n) is 12.4. The molecule has 0 bridgehead atoms. The number of ketones is 1. The van der Waals surface area contributed by atoms with E-state index < -0.39 is 23.5 Å². The van der Waals surface area contributed by atoms with Crippen LogP contribution in [0.1, 0.15) is 17.3 Å². The Kier molecular flexibility index (Phi) is 3.67. The van der Waals surface area contributed by atoms with Crippen molar-refractivity contribution in [1.82, 2.24) is 4.98 Å². The molecule has 1 atom stereocenters. The normalized spacial score (nSPS) is 17.4. The van der Waals surface area contributed by atoms with Gasteiger partial charge in [-0.1, -0.05) is 0 Å². The van der Waals surface area contributed by atoms with Crippen molar-refractivity contribution in [2.75, 3.05) is 18.6 Å². The van der Waals surface area contributed by atoms with E-state index in [1.54, 1.807) is 12.9 Å². The largest absolute Gasteiger partial charge is 0.363 e. The Balaban J connectivity index is 2.27. The van der Waals surface area contributed by atoms with Gasteiger partial charge in [0.15, 0.2) is 17.7 Å². The first-order valence-corrected chi connectivity index (χ1v) is 6.92. The number of pyridine rings is 1. The smallest absolute Gasteiger partial charge is 0.202 e. The molecule has 0 spiro atoms. The van der Waals surface area contributed by atoms with E-state index >= 15 is 0 Å². The van der Waals surface area contributed by atoms with Crippen molar-refractivity contribution in [3.63, 3.8) is 0 Å². The number of likely N-dealkylation sites (N-methyl/N-ethyl adjacent to an activating group) is 1. The molecule has 5 nitrogen and oxygen atoms in total. The summed E-state index contributed by atoms with van der Waals surface area (Å²) in [6.07, 6.45) is -1.08. The molecule has 118 valence electrons. The molecule has 1 aromatic carbocycles. The monoisotopic (exact) mass is 318 g/mol. The van der Waals surface area contributed by atoms with Crippen molar-refractivity contribution in [2.45, 2.75) is 13.0 Å². The summed E-state index contributed by atoms with van der Waals surface area (Å²) in [5, 5.41) is 0.290. The molecular formula is C16H12F2N2O3. The fourth-order valence-corrected chi connectivity index (χ4v) is 2.59. The van der Waals surface area contributed by atoms with Gasteiger partial charge in [-0.15, -0.1) is 0 Å². The maximum Gasteiger partial charge on any atom is 0.202 e. The summed E-state index contributed by atoms with van der Waals surface area (Å²) < 4.78 is 32.1. The first-order valence-electron chi connectivity index (χ1n) is 6.92. The quantitative estimate of drug-likeness (QED) is 0.795. The zero-order chi connectivity index (χ0) is 16.7. The molecule has 2 heterocycles. The van der Waals surface area contributed by atoms with Crippen LogP contribution in [0.2, 0.25) is 0 Å². The third kappa shape index (κ3) is 2.30. The second-order valence-corrected chi connectivity index (χ2v) is 5.06. The van der Waals surface area contributed by atoms with E-state index in [0.717, 1.165) is 12.1 Å². The number of benzene rings is 1. The number of rotatable bonds is 2. The highest BCUT2D eigenvalue weighted by Crippen LogP contribution is 2.33. The van der Waals surface area contributed by atoms with Crippen molar-refractivity contribution in [3.8, 4) is 0 Å². The minimum absolute atomic E-state index is 0.00113. The topological polar surface area (TPSA) is 59.5 Å². The summed E-state index contributed by atoms with van der Waals surface area (Å²) in [5.74, 6) is -0.633. The third-order valence-corrected chi connectivity index (χ3v) is 3.71. The van der Waals surface area contributed by atoms with E-state index in [2.05, 4.69) is 4.98 Å². The molecule has 3 rings (SSSR count). The van der Waals surface area contributed by atoms with Crippen LogP contribution in [0, 0.1) is 11.6 Å². The Morgan fingerprint density at radius 1 is 1.30 bits per heavy atom. The first-order chi connectivity index (χ1) is 11.0. The van der Waals surface area contributed by atoms with Gasteiger partial charge in [0.25, 0.3) is 0 Å². The lowest BCUT2D eigenvalue weighted by Crippen LogP contribution is -2.41. The molecule has 1 aromatic heterocycles. The molecule has 23 heavy (non-hydrogen) atoms.